The van der Waals surface area contributed by atoms with Crippen LogP contribution in [0.5, 0.6) is 0 Å². The maximum atomic E-state index is 12.2. The molecule has 1 aromatic carbocycles. The summed E-state index contributed by atoms with van der Waals surface area (Å²) in [7, 11) is -3.41. The lowest BCUT2D eigenvalue weighted by molar-refractivity contribution is 0.230. The molecule has 0 aromatic heterocycles. The van der Waals surface area contributed by atoms with E-state index in [0.29, 0.717) is 0 Å². The third-order valence-electron chi connectivity index (χ3n) is 2.72. The van der Waals surface area contributed by atoms with Crippen LogP contribution in [-0.4, -0.2) is 31.8 Å². The molecule has 0 spiro atoms. The Bertz CT molecular complexity index is 586. The van der Waals surface area contributed by atoms with Gasteiger partial charge in [0.15, 0.2) is 9.84 Å². The molecule has 0 unspecified atom stereocenters. The molecule has 1 aromatic rings. The van der Waals surface area contributed by atoms with Crippen LogP contribution in [0, 0.1) is 6.92 Å². The maximum Gasteiger partial charge on any atom is 0.315 e. The monoisotopic (exact) mass is 312 g/mol. The Morgan fingerprint density at radius 2 is 1.71 bits per heavy atom. The second kappa shape index (κ2) is 6.47. The fraction of sp³-hybridized carbons (Fsp3) is 0.533. The van der Waals surface area contributed by atoms with E-state index in [0.717, 1.165) is 5.56 Å². The lowest BCUT2D eigenvalue weighted by Crippen LogP contribution is -2.50. The Hall–Kier alpha value is -1.56. The zero-order valence-electron chi connectivity index (χ0n) is 13.2. The summed E-state index contributed by atoms with van der Waals surface area (Å²) in [5.74, 6) is -0.131. The van der Waals surface area contributed by atoms with Gasteiger partial charge in [0.25, 0.3) is 0 Å². The van der Waals surface area contributed by atoms with Crippen LogP contribution in [0.2, 0.25) is 0 Å². The first kappa shape index (κ1) is 17.5. The summed E-state index contributed by atoms with van der Waals surface area (Å²) < 4.78 is 24.5. The molecule has 6 heteroatoms. The number of carbonyl (C=O) groups is 1. The van der Waals surface area contributed by atoms with E-state index < -0.39 is 15.9 Å². The highest BCUT2D eigenvalue weighted by Gasteiger charge is 2.21. The quantitative estimate of drug-likeness (QED) is 0.895. The molecule has 2 N–H and O–H groups in total. The van der Waals surface area contributed by atoms with E-state index in [1.165, 1.54) is 0 Å². The van der Waals surface area contributed by atoms with Crippen LogP contribution in [0.3, 0.4) is 0 Å². The van der Waals surface area contributed by atoms with Gasteiger partial charge >= 0.3 is 6.03 Å². The molecule has 0 fully saturated rings. The van der Waals surface area contributed by atoms with Crippen LogP contribution in [-0.2, 0) is 9.84 Å². The first-order valence-electron chi connectivity index (χ1n) is 6.88. The standard InChI is InChI=1S/C15H24N2O3S/c1-11-6-8-13(9-7-11)21(19,20)10-12(2)16-14(18)17-15(3,4)5/h6-9,12H,10H2,1-5H3,(H2,16,17,18)/t12-/m0/s1. The van der Waals surface area contributed by atoms with Crippen LogP contribution < -0.4 is 10.6 Å². The average molecular weight is 312 g/mol. The van der Waals surface area contributed by atoms with Crippen molar-refractivity contribution in [2.24, 2.45) is 0 Å². The summed E-state index contributed by atoms with van der Waals surface area (Å²) in [5, 5.41) is 5.38. The number of rotatable bonds is 4. The molecular weight excluding hydrogens is 288 g/mol. The number of benzene rings is 1. The van der Waals surface area contributed by atoms with E-state index in [1.807, 2.05) is 27.7 Å². The Labute approximate surface area is 127 Å². The smallest absolute Gasteiger partial charge is 0.315 e. The number of nitrogens with one attached hydrogen (secondary N) is 2. The summed E-state index contributed by atoms with van der Waals surface area (Å²) in [6.45, 7) is 9.16. The third kappa shape index (κ3) is 6.16. The molecule has 118 valence electrons. The molecule has 0 radical (unpaired) electrons. The molecule has 2 amide bonds. The molecule has 0 bridgehead atoms. The van der Waals surface area contributed by atoms with Gasteiger partial charge in [-0.05, 0) is 46.8 Å². The highest BCUT2D eigenvalue weighted by molar-refractivity contribution is 7.91. The van der Waals surface area contributed by atoms with E-state index in [-0.39, 0.29) is 22.2 Å². The normalized spacial score (nSPS) is 13.6. The second-order valence-electron chi connectivity index (χ2n) is 6.34. The van der Waals surface area contributed by atoms with Crippen LogP contribution in [0.15, 0.2) is 29.2 Å². The van der Waals surface area contributed by atoms with Crippen molar-refractivity contribution in [1.29, 1.82) is 0 Å². The van der Waals surface area contributed by atoms with E-state index in [2.05, 4.69) is 10.6 Å². The number of amides is 2. The largest absolute Gasteiger partial charge is 0.335 e. The molecule has 0 aliphatic carbocycles. The lowest BCUT2D eigenvalue weighted by Gasteiger charge is -2.22. The summed E-state index contributed by atoms with van der Waals surface area (Å²) in [6.07, 6.45) is 0. The molecule has 0 saturated heterocycles. The van der Waals surface area contributed by atoms with Crippen molar-refractivity contribution in [1.82, 2.24) is 10.6 Å². The minimum absolute atomic E-state index is 0.131. The average Bonchev–Trinajstić information content (AvgIpc) is 2.25. The van der Waals surface area contributed by atoms with Crippen LogP contribution in [0.25, 0.3) is 0 Å². The van der Waals surface area contributed by atoms with Gasteiger partial charge in [-0.15, -0.1) is 0 Å². The van der Waals surface area contributed by atoms with Crippen molar-refractivity contribution < 1.29 is 13.2 Å². The van der Waals surface area contributed by atoms with Crippen LogP contribution in [0.1, 0.15) is 33.3 Å². The number of hydrogen-bond acceptors (Lipinski definition) is 3. The first-order chi connectivity index (χ1) is 9.49. The maximum absolute atomic E-state index is 12.2. The van der Waals surface area contributed by atoms with E-state index in [1.54, 1.807) is 31.2 Å². The molecule has 1 atom stereocenters. The summed E-state index contributed by atoms with van der Waals surface area (Å²) >= 11 is 0. The Morgan fingerprint density at radius 1 is 1.19 bits per heavy atom. The zero-order valence-corrected chi connectivity index (χ0v) is 14.0. The topological polar surface area (TPSA) is 75.3 Å². The van der Waals surface area contributed by atoms with Crippen molar-refractivity contribution in [2.45, 2.75) is 51.1 Å². The number of carbonyl (C=O) groups excluding carboxylic acids is 1. The predicted octanol–water partition coefficient (Wildman–Crippen LogP) is 2.25. The van der Waals surface area contributed by atoms with Crippen molar-refractivity contribution in [3.05, 3.63) is 29.8 Å². The fourth-order valence-corrected chi connectivity index (χ4v) is 3.30. The summed E-state index contributed by atoms with van der Waals surface area (Å²) in [6, 6.07) is 5.86. The molecule has 1 rings (SSSR count). The molecule has 0 saturated carbocycles. The van der Waals surface area contributed by atoms with Crippen molar-refractivity contribution >= 4 is 15.9 Å². The molecule has 0 aliphatic heterocycles. The fourth-order valence-electron chi connectivity index (χ4n) is 1.81. The minimum atomic E-state index is -3.41. The van der Waals surface area contributed by atoms with Crippen LogP contribution in [0.4, 0.5) is 4.79 Å². The number of sulfone groups is 1. The number of urea groups is 1. The van der Waals surface area contributed by atoms with E-state index in [4.69, 9.17) is 0 Å². The minimum Gasteiger partial charge on any atom is -0.335 e. The second-order valence-corrected chi connectivity index (χ2v) is 8.38. The van der Waals surface area contributed by atoms with E-state index >= 15 is 0 Å². The zero-order chi connectivity index (χ0) is 16.3. The molecule has 21 heavy (non-hydrogen) atoms. The van der Waals surface area contributed by atoms with Gasteiger partial charge in [-0.25, -0.2) is 13.2 Å². The van der Waals surface area contributed by atoms with Crippen molar-refractivity contribution in [3.8, 4) is 0 Å². The van der Waals surface area contributed by atoms with Gasteiger partial charge in [0.2, 0.25) is 0 Å². The SMILES string of the molecule is Cc1ccc(S(=O)(=O)C[C@H](C)NC(=O)NC(C)(C)C)cc1. The Kier molecular flexibility index (Phi) is 5.39. The Morgan fingerprint density at radius 3 is 2.19 bits per heavy atom. The van der Waals surface area contributed by atoms with Crippen molar-refractivity contribution in [2.75, 3.05) is 5.75 Å². The van der Waals surface area contributed by atoms with Crippen molar-refractivity contribution in [3.63, 3.8) is 0 Å². The molecule has 0 heterocycles. The van der Waals surface area contributed by atoms with Gasteiger partial charge < -0.3 is 10.6 Å². The van der Waals surface area contributed by atoms with Gasteiger partial charge in [0.1, 0.15) is 0 Å². The highest BCUT2D eigenvalue weighted by atomic mass is 32.2. The van der Waals surface area contributed by atoms with Gasteiger partial charge in [0, 0.05) is 11.6 Å². The Balaban J connectivity index is 2.67. The highest BCUT2D eigenvalue weighted by Crippen LogP contribution is 2.13. The number of hydrogen-bond donors (Lipinski definition) is 2. The van der Waals surface area contributed by atoms with Crippen LogP contribution >= 0.6 is 0 Å². The molecular formula is C15H24N2O3S. The molecule has 0 aliphatic rings. The predicted molar refractivity (Wildman–Crippen MR) is 84.1 cm³/mol. The van der Waals surface area contributed by atoms with Gasteiger partial charge in [0.05, 0.1) is 10.6 Å². The summed E-state index contributed by atoms with van der Waals surface area (Å²) in [4.78, 5) is 12.0. The molecule has 5 nitrogen and oxygen atoms in total. The summed E-state index contributed by atoms with van der Waals surface area (Å²) in [5.41, 5.74) is 0.643. The first-order valence-corrected chi connectivity index (χ1v) is 8.53. The van der Waals surface area contributed by atoms with Gasteiger partial charge in [-0.1, -0.05) is 17.7 Å². The van der Waals surface area contributed by atoms with Gasteiger partial charge in [-0.2, -0.15) is 0 Å². The van der Waals surface area contributed by atoms with E-state index in [9.17, 15) is 13.2 Å². The lowest BCUT2D eigenvalue weighted by atomic mass is 10.1. The number of aryl methyl sites for hydroxylation is 1. The third-order valence-corrected chi connectivity index (χ3v) is 4.64. The van der Waals surface area contributed by atoms with Gasteiger partial charge in [-0.3, -0.25) is 0 Å².